The van der Waals surface area contributed by atoms with Crippen LogP contribution in [-0.4, -0.2) is 38.5 Å². The van der Waals surface area contributed by atoms with Gasteiger partial charge in [0.2, 0.25) is 0 Å². The van der Waals surface area contributed by atoms with Crippen molar-refractivity contribution >= 4 is 34.4 Å². The van der Waals surface area contributed by atoms with Gasteiger partial charge in [-0.1, -0.05) is 123 Å². The first kappa shape index (κ1) is 36.3. The number of unbranched alkanes of at least 4 members (excludes halogenated alkanes) is 13. The number of hydrogen-bond acceptors (Lipinski definition) is 5. The second kappa shape index (κ2) is 18.7. The van der Waals surface area contributed by atoms with E-state index >= 15 is 0 Å². The molecule has 0 fully saturated rings. The van der Waals surface area contributed by atoms with Crippen molar-refractivity contribution in [2.24, 2.45) is 0 Å². The lowest BCUT2D eigenvalue weighted by Crippen LogP contribution is -2.40. The number of carbonyl (C=O) groups excluding carboxylic acids is 2. The maximum absolute atomic E-state index is 12.6. The van der Waals surface area contributed by atoms with E-state index in [1.54, 1.807) is 18.2 Å². The molecule has 1 heterocycles. The summed E-state index contributed by atoms with van der Waals surface area (Å²) in [5.41, 5.74) is 2.88. The first-order chi connectivity index (χ1) is 21.7. The van der Waals surface area contributed by atoms with Gasteiger partial charge in [0.1, 0.15) is 22.5 Å². The minimum Gasteiger partial charge on any atom is -0.505 e. The van der Waals surface area contributed by atoms with Crippen LogP contribution in [0.15, 0.2) is 30.3 Å². The Balaban J connectivity index is 1.43. The van der Waals surface area contributed by atoms with Crippen molar-refractivity contribution in [3.05, 3.63) is 46.5 Å². The summed E-state index contributed by atoms with van der Waals surface area (Å²) in [6, 6.07) is 8.97. The smallest absolute Gasteiger partial charge is 0.309 e. The molecule has 1 aromatic heterocycles. The Morgan fingerprint density at radius 1 is 0.778 bits per heavy atom. The maximum Gasteiger partial charge on any atom is 0.309 e. The first-order valence-electron chi connectivity index (χ1n) is 17.1. The van der Waals surface area contributed by atoms with Gasteiger partial charge in [-0.3, -0.25) is 9.59 Å². The summed E-state index contributed by atoms with van der Waals surface area (Å²) in [7, 11) is 0. The molecular formula is C36H54ClN5O3. The molecule has 2 amide bonds. The summed E-state index contributed by atoms with van der Waals surface area (Å²) in [6.07, 6.45) is 18.6. The summed E-state index contributed by atoms with van der Waals surface area (Å²) in [5, 5.41) is 26.2. The van der Waals surface area contributed by atoms with E-state index in [9.17, 15) is 14.7 Å². The van der Waals surface area contributed by atoms with Crippen molar-refractivity contribution in [2.75, 3.05) is 6.54 Å². The fraction of sp³-hybridized carbons (Fsp3) is 0.611. The Hall–Kier alpha value is -3.13. The standard InChI is InChI=1S/C36H54ClN5O3/c1-5-7-8-9-10-11-12-13-14-15-16-17-18-19-22-38-34(44)35(45)39-26-27-23-28(36(3,4)6-2)24-32(33(27)43)42-40-30-21-20-29(37)25-31(30)41-42/h20-21,23-25,43H,5-19,22,26H2,1-4H3,(H,38,44)(H,39,45). The largest absolute Gasteiger partial charge is 0.505 e. The maximum atomic E-state index is 12.6. The number of phenolic OH excluding ortho intramolecular Hbond substituents is 1. The van der Waals surface area contributed by atoms with Gasteiger partial charge in [-0.05, 0) is 54.2 Å². The van der Waals surface area contributed by atoms with E-state index in [-0.39, 0.29) is 17.7 Å². The van der Waals surface area contributed by atoms with E-state index in [0.717, 1.165) is 31.2 Å². The topological polar surface area (TPSA) is 109 Å². The van der Waals surface area contributed by atoms with Gasteiger partial charge in [-0.15, -0.1) is 15.0 Å². The fourth-order valence-electron chi connectivity index (χ4n) is 5.41. The molecule has 3 aromatic rings. The minimum atomic E-state index is -0.723. The van der Waals surface area contributed by atoms with Gasteiger partial charge in [-0.25, -0.2) is 0 Å². The van der Waals surface area contributed by atoms with Crippen molar-refractivity contribution in [1.29, 1.82) is 0 Å². The highest BCUT2D eigenvalue weighted by molar-refractivity contribution is 6.35. The van der Waals surface area contributed by atoms with Crippen molar-refractivity contribution in [3.8, 4) is 11.4 Å². The number of rotatable bonds is 20. The predicted molar refractivity (Wildman–Crippen MR) is 184 cm³/mol. The Bertz CT molecular complexity index is 1370. The number of carbonyl (C=O) groups is 2. The Morgan fingerprint density at radius 3 is 1.93 bits per heavy atom. The number of halogens is 1. The van der Waals surface area contributed by atoms with E-state index in [1.165, 1.54) is 75.4 Å². The number of nitrogens with zero attached hydrogens (tertiary/aromatic N) is 3. The predicted octanol–water partition coefficient (Wildman–Crippen LogP) is 8.68. The third kappa shape index (κ3) is 11.6. The van der Waals surface area contributed by atoms with Gasteiger partial charge in [0.15, 0.2) is 0 Å². The lowest BCUT2D eigenvalue weighted by molar-refractivity contribution is -0.139. The molecule has 0 spiro atoms. The number of phenols is 1. The van der Waals surface area contributed by atoms with E-state index in [4.69, 9.17) is 11.6 Å². The number of aromatic nitrogens is 3. The minimum absolute atomic E-state index is 0.00973. The Morgan fingerprint density at radius 2 is 1.33 bits per heavy atom. The molecule has 0 atom stereocenters. The number of aromatic hydroxyl groups is 1. The third-order valence-corrected chi connectivity index (χ3v) is 9.09. The van der Waals surface area contributed by atoms with E-state index in [1.807, 2.05) is 12.1 Å². The average Bonchev–Trinajstić information content (AvgIpc) is 3.45. The Kier molecular flexibility index (Phi) is 15.1. The second-order valence-electron chi connectivity index (χ2n) is 12.9. The molecule has 0 saturated heterocycles. The molecule has 9 heteroatoms. The number of benzene rings is 2. The lowest BCUT2D eigenvalue weighted by Gasteiger charge is -2.25. The van der Waals surface area contributed by atoms with Crippen molar-refractivity contribution in [2.45, 2.75) is 136 Å². The molecule has 248 valence electrons. The number of hydrogen-bond donors (Lipinski definition) is 3. The fourth-order valence-corrected chi connectivity index (χ4v) is 5.58. The number of nitrogens with one attached hydrogen (secondary N) is 2. The van der Waals surface area contributed by atoms with Crippen molar-refractivity contribution < 1.29 is 14.7 Å². The van der Waals surface area contributed by atoms with Gasteiger partial charge < -0.3 is 15.7 Å². The van der Waals surface area contributed by atoms with Crippen LogP contribution in [0.4, 0.5) is 0 Å². The molecule has 0 saturated carbocycles. The molecule has 0 unspecified atom stereocenters. The molecule has 2 aromatic carbocycles. The zero-order chi connectivity index (χ0) is 32.7. The van der Waals surface area contributed by atoms with Gasteiger partial charge in [0, 0.05) is 23.7 Å². The highest BCUT2D eigenvalue weighted by atomic mass is 35.5. The van der Waals surface area contributed by atoms with Crippen LogP contribution < -0.4 is 10.6 Å². The molecule has 8 nitrogen and oxygen atoms in total. The first-order valence-corrected chi connectivity index (χ1v) is 17.5. The molecule has 3 N–H and O–H groups in total. The van der Waals surface area contributed by atoms with Gasteiger partial charge in [0.25, 0.3) is 0 Å². The van der Waals surface area contributed by atoms with Crippen LogP contribution >= 0.6 is 11.6 Å². The highest BCUT2D eigenvalue weighted by Gasteiger charge is 2.24. The lowest BCUT2D eigenvalue weighted by atomic mass is 9.81. The van der Waals surface area contributed by atoms with Gasteiger partial charge in [-0.2, -0.15) is 0 Å². The van der Waals surface area contributed by atoms with Crippen molar-refractivity contribution in [3.63, 3.8) is 0 Å². The average molecular weight is 640 g/mol. The van der Waals surface area contributed by atoms with Crippen LogP contribution in [0.2, 0.25) is 5.02 Å². The molecular weight excluding hydrogens is 586 g/mol. The third-order valence-electron chi connectivity index (χ3n) is 8.85. The van der Waals surface area contributed by atoms with Crippen LogP contribution in [-0.2, 0) is 21.5 Å². The quantitative estimate of drug-likeness (QED) is 0.0846. The van der Waals surface area contributed by atoms with E-state index in [0.29, 0.717) is 33.9 Å². The van der Waals surface area contributed by atoms with Crippen LogP contribution in [0.3, 0.4) is 0 Å². The highest BCUT2D eigenvalue weighted by Crippen LogP contribution is 2.35. The molecule has 0 radical (unpaired) electrons. The summed E-state index contributed by atoms with van der Waals surface area (Å²) < 4.78 is 0. The molecule has 0 aliphatic carbocycles. The summed E-state index contributed by atoms with van der Waals surface area (Å²) >= 11 is 6.13. The molecule has 3 rings (SSSR count). The van der Waals surface area contributed by atoms with Crippen LogP contribution in [0.5, 0.6) is 5.75 Å². The number of amides is 2. The summed E-state index contributed by atoms with van der Waals surface area (Å²) in [6.45, 7) is 9.05. The second-order valence-corrected chi connectivity index (χ2v) is 13.3. The Labute approximate surface area is 274 Å². The molecule has 0 bridgehead atoms. The number of fused-ring (bicyclic) bond motifs is 1. The van der Waals surface area contributed by atoms with Gasteiger partial charge in [0.05, 0.1) is 0 Å². The zero-order valence-corrected chi connectivity index (χ0v) is 28.6. The van der Waals surface area contributed by atoms with Crippen LogP contribution in [0, 0.1) is 0 Å². The normalized spacial score (nSPS) is 11.7. The summed E-state index contributed by atoms with van der Waals surface area (Å²) in [4.78, 5) is 26.4. The molecule has 0 aliphatic heterocycles. The van der Waals surface area contributed by atoms with Gasteiger partial charge >= 0.3 is 11.8 Å². The molecule has 0 aliphatic rings. The van der Waals surface area contributed by atoms with Crippen molar-refractivity contribution in [1.82, 2.24) is 25.6 Å². The monoisotopic (exact) mass is 639 g/mol. The summed E-state index contributed by atoms with van der Waals surface area (Å²) in [5.74, 6) is -1.44. The SMILES string of the molecule is CCCCCCCCCCCCCCCCNC(=O)C(=O)NCc1cc(C(C)(C)CC)cc(-n2nc3ccc(Cl)cc3n2)c1O. The van der Waals surface area contributed by atoms with E-state index in [2.05, 4.69) is 48.5 Å². The molecule has 45 heavy (non-hydrogen) atoms. The van der Waals surface area contributed by atoms with Crippen LogP contribution in [0.1, 0.15) is 135 Å². The van der Waals surface area contributed by atoms with E-state index < -0.39 is 11.8 Å². The zero-order valence-electron chi connectivity index (χ0n) is 27.9. The van der Waals surface area contributed by atoms with Crippen LogP contribution in [0.25, 0.3) is 16.7 Å².